The Balaban J connectivity index is 0.000000620. The topological polar surface area (TPSA) is 49.8 Å². The van der Waals surface area contributed by atoms with Gasteiger partial charge < -0.3 is 14.3 Å². The summed E-state index contributed by atoms with van der Waals surface area (Å²) in [5, 5.41) is 8.04. The summed E-state index contributed by atoms with van der Waals surface area (Å²) < 4.78 is 6.06. The lowest BCUT2D eigenvalue weighted by Gasteiger charge is -2.39. The van der Waals surface area contributed by atoms with Crippen LogP contribution in [0.3, 0.4) is 0 Å². The standard InChI is InChI=1S/C16H36N.C4H6O3/c1-5-9-13-17(14-10-6-2,15-11-7-3)16-12-8-4;5-4(6)1-3-2-7-3/h5-16H2,1-4H3;3H,1-2H2,(H,5,6)/q+1;/t;3-/m.0/s1. The largest absolute Gasteiger partial charge is 0.481 e. The third-order valence-corrected chi connectivity index (χ3v) is 4.75. The average Bonchev–Trinajstić information content (AvgIpc) is 3.37. The van der Waals surface area contributed by atoms with Crippen molar-refractivity contribution in [2.24, 2.45) is 0 Å². The lowest BCUT2D eigenvalue weighted by Crippen LogP contribution is -2.50. The molecule has 4 nitrogen and oxygen atoms in total. The molecule has 1 N–H and O–H groups in total. The number of aliphatic carboxylic acids is 1. The molecule has 0 saturated carbocycles. The molecule has 0 aromatic carbocycles. The predicted molar refractivity (Wildman–Crippen MR) is 101 cm³/mol. The number of epoxide rings is 1. The molecule has 4 heteroatoms. The third-order valence-electron chi connectivity index (χ3n) is 4.75. The van der Waals surface area contributed by atoms with Crippen molar-refractivity contribution in [2.75, 3.05) is 32.8 Å². The fraction of sp³-hybridized carbons (Fsp3) is 0.950. The van der Waals surface area contributed by atoms with E-state index in [0.717, 1.165) is 0 Å². The van der Waals surface area contributed by atoms with Gasteiger partial charge in [0.1, 0.15) is 0 Å². The van der Waals surface area contributed by atoms with Crippen LogP contribution in [0.1, 0.15) is 85.5 Å². The number of carboxylic acid groups (broad SMARTS) is 1. The molecule has 0 aliphatic carbocycles. The second-order valence-electron chi connectivity index (χ2n) is 7.20. The number of carboxylic acids is 1. The third kappa shape index (κ3) is 12.8. The molecule has 0 aromatic heterocycles. The summed E-state index contributed by atoms with van der Waals surface area (Å²) in [6.45, 7) is 15.6. The maximum atomic E-state index is 9.77. The van der Waals surface area contributed by atoms with E-state index >= 15 is 0 Å². The summed E-state index contributed by atoms with van der Waals surface area (Å²) in [6, 6.07) is 0. The van der Waals surface area contributed by atoms with Gasteiger partial charge in [-0.05, 0) is 25.7 Å². The van der Waals surface area contributed by atoms with E-state index in [1.54, 1.807) is 0 Å². The molecular weight excluding hydrogens is 302 g/mol. The van der Waals surface area contributed by atoms with Crippen molar-refractivity contribution in [3.8, 4) is 0 Å². The van der Waals surface area contributed by atoms with Gasteiger partial charge >= 0.3 is 5.97 Å². The monoisotopic (exact) mass is 344 g/mol. The Hall–Kier alpha value is -0.610. The van der Waals surface area contributed by atoms with E-state index in [1.165, 1.54) is 82.0 Å². The van der Waals surface area contributed by atoms with Gasteiger partial charge in [-0.3, -0.25) is 4.79 Å². The van der Waals surface area contributed by atoms with Crippen molar-refractivity contribution < 1.29 is 19.1 Å². The van der Waals surface area contributed by atoms with Crippen LogP contribution < -0.4 is 0 Å². The summed E-state index contributed by atoms with van der Waals surface area (Å²) in [4.78, 5) is 9.77. The number of rotatable bonds is 14. The van der Waals surface area contributed by atoms with E-state index < -0.39 is 5.97 Å². The highest BCUT2D eigenvalue weighted by Gasteiger charge is 2.25. The van der Waals surface area contributed by atoms with Crippen LogP contribution in [0.25, 0.3) is 0 Å². The number of carbonyl (C=O) groups is 1. The predicted octanol–water partition coefficient (Wildman–Crippen LogP) is 4.86. The molecular formula is C20H42NO3+. The summed E-state index contributed by atoms with van der Waals surface area (Å²) in [5.41, 5.74) is 0. The Morgan fingerprint density at radius 2 is 1.21 bits per heavy atom. The molecule has 24 heavy (non-hydrogen) atoms. The Morgan fingerprint density at radius 1 is 0.875 bits per heavy atom. The van der Waals surface area contributed by atoms with Gasteiger partial charge in [0.2, 0.25) is 0 Å². The van der Waals surface area contributed by atoms with Gasteiger partial charge in [-0.25, -0.2) is 0 Å². The Morgan fingerprint density at radius 3 is 1.38 bits per heavy atom. The Labute approximate surface area is 150 Å². The molecule has 0 aromatic rings. The number of hydrogen-bond acceptors (Lipinski definition) is 2. The lowest BCUT2D eigenvalue weighted by atomic mass is 10.1. The number of hydrogen-bond donors (Lipinski definition) is 1. The maximum Gasteiger partial charge on any atom is 0.306 e. The first-order chi connectivity index (χ1) is 11.5. The molecule has 1 fully saturated rings. The average molecular weight is 345 g/mol. The molecule has 1 saturated heterocycles. The summed E-state index contributed by atoms with van der Waals surface area (Å²) in [5.74, 6) is -0.775. The first-order valence-corrected chi connectivity index (χ1v) is 10.2. The highest BCUT2D eigenvalue weighted by Crippen LogP contribution is 2.16. The molecule has 1 aliphatic heterocycles. The van der Waals surface area contributed by atoms with Gasteiger partial charge in [-0.15, -0.1) is 0 Å². The van der Waals surface area contributed by atoms with Gasteiger partial charge in [-0.1, -0.05) is 53.4 Å². The molecule has 0 amide bonds. The molecule has 1 aliphatic rings. The van der Waals surface area contributed by atoms with Crippen LogP contribution in [0.2, 0.25) is 0 Å². The SMILES string of the molecule is CCCC[N+](CCCC)(CCCC)CCCC.O=C(O)C[C@H]1CO1. The minimum absolute atomic E-state index is 0.0255. The van der Waals surface area contributed by atoms with Crippen LogP contribution in [-0.2, 0) is 9.53 Å². The van der Waals surface area contributed by atoms with Crippen molar-refractivity contribution in [1.82, 2.24) is 0 Å². The van der Waals surface area contributed by atoms with Crippen molar-refractivity contribution in [2.45, 2.75) is 91.6 Å². The summed E-state index contributed by atoms with van der Waals surface area (Å²) >= 11 is 0. The van der Waals surface area contributed by atoms with Crippen molar-refractivity contribution in [1.29, 1.82) is 0 Å². The first-order valence-electron chi connectivity index (χ1n) is 10.2. The molecule has 0 spiro atoms. The van der Waals surface area contributed by atoms with E-state index in [0.29, 0.717) is 6.61 Å². The van der Waals surface area contributed by atoms with Crippen LogP contribution >= 0.6 is 0 Å². The highest BCUT2D eigenvalue weighted by atomic mass is 16.6. The normalized spacial score (nSPS) is 16.4. The van der Waals surface area contributed by atoms with Crippen LogP contribution in [0.5, 0.6) is 0 Å². The van der Waals surface area contributed by atoms with Crippen LogP contribution in [0.15, 0.2) is 0 Å². The van der Waals surface area contributed by atoms with Gasteiger partial charge in [0, 0.05) is 0 Å². The van der Waals surface area contributed by atoms with Crippen molar-refractivity contribution >= 4 is 5.97 Å². The van der Waals surface area contributed by atoms with Crippen molar-refractivity contribution in [3.63, 3.8) is 0 Å². The zero-order chi connectivity index (χ0) is 18.3. The molecule has 1 atom stereocenters. The second kappa shape index (κ2) is 14.7. The molecule has 144 valence electrons. The number of quaternary nitrogens is 1. The minimum Gasteiger partial charge on any atom is -0.481 e. The van der Waals surface area contributed by atoms with E-state index in [-0.39, 0.29) is 12.5 Å². The minimum atomic E-state index is -0.775. The zero-order valence-corrected chi connectivity index (χ0v) is 16.7. The van der Waals surface area contributed by atoms with Gasteiger partial charge in [0.05, 0.1) is 45.3 Å². The van der Waals surface area contributed by atoms with Gasteiger partial charge in [0.15, 0.2) is 0 Å². The zero-order valence-electron chi connectivity index (χ0n) is 16.7. The number of nitrogens with zero attached hydrogens (tertiary/aromatic N) is 1. The molecule has 0 unspecified atom stereocenters. The van der Waals surface area contributed by atoms with E-state index in [9.17, 15) is 4.79 Å². The molecule has 1 rings (SSSR count). The van der Waals surface area contributed by atoms with Crippen LogP contribution in [0.4, 0.5) is 0 Å². The first kappa shape index (κ1) is 23.4. The lowest BCUT2D eigenvalue weighted by molar-refractivity contribution is -0.929. The van der Waals surface area contributed by atoms with Gasteiger partial charge in [0.25, 0.3) is 0 Å². The van der Waals surface area contributed by atoms with E-state index in [4.69, 9.17) is 5.11 Å². The Bertz CT molecular complexity index is 266. The number of unbranched alkanes of at least 4 members (excludes halogenated alkanes) is 4. The molecule has 0 bridgehead atoms. The van der Waals surface area contributed by atoms with E-state index in [2.05, 4.69) is 32.4 Å². The Kier molecular flexibility index (Phi) is 14.3. The molecule has 0 radical (unpaired) electrons. The van der Waals surface area contributed by atoms with E-state index in [1.807, 2.05) is 0 Å². The van der Waals surface area contributed by atoms with Crippen LogP contribution in [0, 0.1) is 0 Å². The van der Waals surface area contributed by atoms with Crippen molar-refractivity contribution in [3.05, 3.63) is 0 Å². The summed E-state index contributed by atoms with van der Waals surface area (Å²) in [7, 11) is 0. The van der Waals surface area contributed by atoms with Gasteiger partial charge in [-0.2, -0.15) is 0 Å². The highest BCUT2D eigenvalue weighted by molar-refractivity contribution is 5.67. The number of ether oxygens (including phenoxy) is 1. The maximum absolute atomic E-state index is 9.77. The second-order valence-corrected chi connectivity index (χ2v) is 7.20. The fourth-order valence-electron chi connectivity index (χ4n) is 3.03. The quantitative estimate of drug-likeness (QED) is 0.361. The van der Waals surface area contributed by atoms with Crippen LogP contribution in [-0.4, -0.2) is 54.4 Å². The summed E-state index contributed by atoms with van der Waals surface area (Å²) in [6.07, 6.45) is 11.3. The smallest absolute Gasteiger partial charge is 0.306 e. The fourth-order valence-corrected chi connectivity index (χ4v) is 3.03. The molecule has 1 heterocycles.